The number of aromatic amines is 2. The van der Waals surface area contributed by atoms with Crippen molar-refractivity contribution in [1.82, 2.24) is 24.3 Å². The third-order valence-corrected chi connectivity index (χ3v) is 5.03. The molecule has 0 saturated heterocycles. The van der Waals surface area contributed by atoms with Gasteiger partial charge in [-0.1, -0.05) is 6.07 Å². The molecule has 0 aliphatic carbocycles. The van der Waals surface area contributed by atoms with E-state index in [0.717, 1.165) is 5.56 Å². The summed E-state index contributed by atoms with van der Waals surface area (Å²) in [5.74, 6) is 1.15. The average molecular weight is 411 g/mol. The zero-order valence-corrected chi connectivity index (χ0v) is 17.9. The summed E-state index contributed by atoms with van der Waals surface area (Å²) in [4.78, 5) is 32.7. The molecule has 0 fully saturated rings. The molecule has 158 valence electrons. The number of hydrogen-bond donors (Lipinski definition) is 2. The predicted molar refractivity (Wildman–Crippen MR) is 116 cm³/mol. The zero-order chi connectivity index (χ0) is 21.7. The summed E-state index contributed by atoms with van der Waals surface area (Å²) in [7, 11) is 3.23. The minimum absolute atomic E-state index is 0.0147. The van der Waals surface area contributed by atoms with Crippen LogP contribution in [0, 0.1) is 0 Å². The Morgan fingerprint density at radius 3 is 2.47 bits per heavy atom. The Balaban J connectivity index is 2.16. The van der Waals surface area contributed by atoms with Gasteiger partial charge in [0.25, 0.3) is 5.56 Å². The molecule has 0 spiro atoms. The number of benzene rings is 1. The summed E-state index contributed by atoms with van der Waals surface area (Å²) >= 11 is 0. The van der Waals surface area contributed by atoms with Gasteiger partial charge in [0.2, 0.25) is 0 Å². The lowest BCUT2D eigenvalue weighted by Gasteiger charge is -2.16. The minimum Gasteiger partial charge on any atom is -0.493 e. The highest BCUT2D eigenvalue weighted by molar-refractivity contribution is 6.06. The molecule has 3 heterocycles. The number of hydrogen-bond acceptors (Lipinski definition) is 5. The lowest BCUT2D eigenvalue weighted by molar-refractivity contribution is 0.230. The van der Waals surface area contributed by atoms with Gasteiger partial charge in [-0.05, 0) is 45.4 Å². The number of nitrogens with zero attached hydrogens (tertiary/aromatic N) is 3. The van der Waals surface area contributed by atoms with Crippen LogP contribution in [0.1, 0.15) is 33.7 Å². The first-order chi connectivity index (χ1) is 14.2. The minimum atomic E-state index is -0.300. The number of ether oxygens (including phenoxy) is 2. The second-order valence-electron chi connectivity index (χ2n) is 7.81. The molecular formula is C21H25N5O4. The summed E-state index contributed by atoms with van der Waals surface area (Å²) in [5, 5.41) is 3.29. The number of fused-ring (bicyclic) bond motifs is 2. The maximum absolute atomic E-state index is 13.0. The molecule has 3 aromatic heterocycles. The van der Waals surface area contributed by atoms with E-state index in [1.165, 1.54) is 4.57 Å². The second kappa shape index (κ2) is 7.08. The van der Waals surface area contributed by atoms with Crippen molar-refractivity contribution in [2.24, 2.45) is 7.05 Å². The van der Waals surface area contributed by atoms with Crippen LogP contribution in [0.5, 0.6) is 11.5 Å². The molecule has 0 saturated carbocycles. The van der Waals surface area contributed by atoms with Crippen LogP contribution >= 0.6 is 0 Å². The zero-order valence-electron chi connectivity index (χ0n) is 17.9. The summed E-state index contributed by atoms with van der Waals surface area (Å²) in [6.07, 6.45) is -0.0614. The van der Waals surface area contributed by atoms with Crippen molar-refractivity contribution in [2.45, 2.75) is 39.8 Å². The van der Waals surface area contributed by atoms with Crippen LogP contribution < -0.4 is 20.7 Å². The van der Waals surface area contributed by atoms with Crippen LogP contribution in [0.4, 0.5) is 0 Å². The number of nitrogens with one attached hydrogen (secondary N) is 2. The van der Waals surface area contributed by atoms with Gasteiger partial charge in [0.05, 0.1) is 24.1 Å². The van der Waals surface area contributed by atoms with Gasteiger partial charge in [-0.3, -0.25) is 24.1 Å². The Bertz CT molecular complexity index is 1370. The van der Waals surface area contributed by atoms with Crippen LogP contribution in [0.2, 0.25) is 0 Å². The number of imidazole rings is 1. The van der Waals surface area contributed by atoms with E-state index < -0.39 is 0 Å². The number of H-pyrrole nitrogens is 2. The molecule has 0 amide bonds. The van der Waals surface area contributed by atoms with Crippen molar-refractivity contribution in [3.05, 3.63) is 39.0 Å². The third-order valence-electron chi connectivity index (χ3n) is 5.03. The molecule has 4 rings (SSSR count). The van der Waals surface area contributed by atoms with Gasteiger partial charge in [0.15, 0.2) is 22.8 Å². The van der Waals surface area contributed by atoms with Crippen LogP contribution in [-0.2, 0) is 7.05 Å². The molecular weight excluding hydrogens is 386 g/mol. The molecule has 0 unspecified atom stereocenters. The largest absolute Gasteiger partial charge is 0.493 e. The van der Waals surface area contributed by atoms with Gasteiger partial charge in [0, 0.05) is 18.7 Å². The van der Waals surface area contributed by atoms with Gasteiger partial charge in [-0.15, -0.1) is 0 Å². The van der Waals surface area contributed by atoms with Gasteiger partial charge < -0.3 is 9.47 Å². The van der Waals surface area contributed by atoms with Gasteiger partial charge in [-0.25, -0.2) is 9.78 Å². The average Bonchev–Trinajstić information content (AvgIpc) is 3.16. The first-order valence-electron chi connectivity index (χ1n) is 9.80. The molecule has 0 aliphatic rings. The summed E-state index contributed by atoms with van der Waals surface area (Å²) in [5.41, 5.74) is 2.24. The van der Waals surface area contributed by atoms with Crippen LogP contribution in [-0.4, -0.2) is 37.5 Å². The van der Waals surface area contributed by atoms with E-state index in [1.54, 1.807) is 24.9 Å². The fourth-order valence-electron chi connectivity index (χ4n) is 3.70. The number of pyridine rings is 1. The van der Waals surface area contributed by atoms with Gasteiger partial charge in [-0.2, -0.15) is 0 Å². The van der Waals surface area contributed by atoms with Gasteiger partial charge in [0.1, 0.15) is 0 Å². The van der Waals surface area contributed by atoms with Crippen molar-refractivity contribution >= 4 is 22.2 Å². The lowest BCUT2D eigenvalue weighted by Crippen LogP contribution is -2.12. The third kappa shape index (κ3) is 2.97. The number of aryl methyl sites for hydroxylation is 1. The fourth-order valence-corrected chi connectivity index (χ4v) is 3.70. The standard InChI is InChI=1S/C21H25N5O4/c1-10(2)26-19-16(20(27)24-26)15(17-18(22-19)23-21(28)25(17)5)12-7-8-13(29-6)14(9-12)30-11(3)4/h7-11H,1-6H3,(H,24,27)(H,22,23,28). The molecule has 0 radical (unpaired) electrons. The highest BCUT2D eigenvalue weighted by Gasteiger charge is 2.23. The Hall–Kier alpha value is -3.49. The first kappa shape index (κ1) is 19.8. The van der Waals surface area contributed by atoms with Crippen LogP contribution in [0.3, 0.4) is 0 Å². The Labute approximate surface area is 172 Å². The molecule has 30 heavy (non-hydrogen) atoms. The maximum atomic E-state index is 13.0. The quantitative estimate of drug-likeness (QED) is 0.525. The molecule has 0 atom stereocenters. The highest BCUT2D eigenvalue weighted by Crippen LogP contribution is 2.38. The topological polar surface area (TPSA) is 107 Å². The van der Waals surface area contributed by atoms with E-state index in [0.29, 0.717) is 39.3 Å². The monoisotopic (exact) mass is 411 g/mol. The van der Waals surface area contributed by atoms with Gasteiger partial charge >= 0.3 is 5.69 Å². The van der Waals surface area contributed by atoms with E-state index in [4.69, 9.17) is 9.47 Å². The number of rotatable bonds is 5. The summed E-state index contributed by atoms with van der Waals surface area (Å²) in [6.45, 7) is 7.77. The summed E-state index contributed by atoms with van der Waals surface area (Å²) < 4.78 is 14.5. The molecule has 0 aliphatic heterocycles. The molecule has 0 bridgehead atoms. The van der Waals surface area contributed by atoms with Crippen LogP contribution in [0.15, 0.2) is 27.8 Å². The van der Waals surface area contributed by atoms with Crippen LogP contribution in [0.25, 0.3) is 33.3 Å². The molecule has 9 heteroatoms. The van der Waals surface area contributed by atoms with E-state index in [2.05, 4.69) is 15.1 Å². The fraction of sp³-hybridized carbons (Fsp3) is 0.381. The highest BCUT2D eigenvalue weighted by atomic mass is 16.5. The van der Waals surface area contributed by atoms with Crippen molar-refractivity contribution < 1.29 is 9.47 Å². The first-order valence-corrected chi connectivity index (χ1v) is 9.80. The maximum Gasteiger partial charge on any atom is 0.327 e. The number of aromatic nitrogens is 5. The number of methoxy groups -OCH3 is 1. The SMILES string of the molecule is COc1ccc(-c2c3c(=O)[nH]n(C(C)C)c3nc3[nH]c(=O)n(C)c23)cc1OC(C)C. The molecule has 2 N–H and O–H groups in total. The Kier molecular flexibility index (Phi) is 4.68. The van der Waals surface area contributed by atoms with E-state index in [9.17, 15) is 9.59 Å². The van der Waals surface area contributed by atoms with Crippen molar-refractivity contribution in [3.63, 3.8) is 0 Å². The van der Waals surface area contributed by atoms with E-state index >= 15 is 0 Å². The van der Waals surface area contributed by atoms with Crippen molar-refractivity contribution in [3.8, 4) is 22.6 Å². The summed E-state index contributed by atoms with van der Waals surface area (Å²) in [6, 6.07) is 5.46. The van der Waals surface area contributed by atoms with Crippen molar-refractivity contribution in [1.29, 1.82) is 0 Å². The van der Waals surface area contributed by atoms with E-state index in [-0.39, 0.29) is 23.4 Å². The molecule has 4 aromatic rings. The van der Waals surface area contributed by atoms with Crippen molar-refractivity contribution in [2.75, 3.05) is 7.11 Å². The normalized spacial score (nSPS) is 11.9. The molecule has 9 nitrogen and oxygen atoms in total. The Morgan fingerprint density at radius 2 is 1.83 bits per heavy atom. The predicted octanol–water partition coefficient (Wildman–Crippen LogP) is 2.95. The Morgan fingerprint density at radius 1 is 1.10 bits per heavy atom. The smallest absolute Gasteiger partial charge is 0.327 e. The lowest BCUT2D eigenvalue weighted by atomic mass is 10.0. The molecule has 1 aromatic carbocycles. The van der Waals surface area contributed by atoms with E-state index in [1.807, 2.05) is 39.8 Å². The second-order valence-corrected chi connectivity index (χ2v) is 7.81.